The van der Waals surface area contributed by atoms with Crippen LogP contribution >= 0.6 is 0 Å². The number of benzene rings is 3. The number of hydrazone groups is 1. The molecule has 3 aromatic rings. The monoisotopic (exact) mass is 338 g/mol. The predicted octanol–water partition coefficient (Wildman–Crippen LogP) is 5.04. The third kappa shape index (κ3) is 2.62. The number of hydrogen-bond acceptors (Lipinski definition) is 2. The van der Waals surface area contributed by atoms with Gasteiger partial charge >= 0.3 is 0 Å². The molecule has 1 heterocycles. The summed E-state index contributed by atoms with van der Waals surface area (Å²) in [6.45, 7) is 0. The third-order valence-corrected chi connectivity index (χ3v) is 4.96. The topological polar surface area (TPSA) is 32.7 Å². The van der Waals surface area contributed by atoms with E-state index in [1.807, 2.05) is 48.5 Å². The molecule has 126 valence electrons. The van der Waals surface area contributed by atoms with Gasteiger partial charge in [-0.05, 0) is 53.5 Å². The van der Waals surface area contributed by atoms with Gasteiger partial charge in [-0.2, -0.15) is 10.1 Å². The van der Waals surface area contributed by atoms with E-state index in [-0.39, 0.29) is 5.91 Å². The molecule has 1 aliphatic heterocycles. The lowest BCUT2D eigenvalue weighted by Crippen LogP contribution is -2.21. The average Bonchev–Trinajstić information content (AvgIpc) is 3.48. The molecule has 0 aromatic heterocycles. The highest BCUT2D eigenvalue weighted by Crippen LogP contribution is 2.38. The Morgan fingerprint density at radius 3 is 2.38 bits per heavy atom. The van der Waals surface area contributed by atoms with Crippen LogP contribution in [0.4, 0.5) is 5.69 Å². The predicted molar refractivity (Wildman–Crippen MR) is 106 cm³/mol. The van der Waals surface area contributed by atoms with Crippen LogP contribution in [-0.4, -0.2) is 11.6 Å². The minimum Gasteiger partial charge on any atom is -0.267 e. The van der Waals surface area contributed by atoms with Crippen LogP contribution in [0.5, 0.6) is 0 Å². The summed E-state index contributed by atoms with van der Waals surface area (Å²) in [7, 11) is 0. The molecule has 3 aromatic carbocycles. The van der Waals surface area contributed by atoms with Crippen molar-refractivity contribution in [3.8, 4) is 0 Å². The van der Waals surface area contributed by atoms with Gasteiger partial charge in [-0.25, -0.2) is 0 Å². The molecule has 1 aliphatic carbocycles. The summed E-state index contributed by atoms with van der Waals surface area (Å²) in [4.78, 5) is 13.1. The number of carbonyl (C=O) groups excluding carboxylic acids is 1. The van der Waals surface area contributed by atoms with Gasteiger partial charge in [-0.3, -0.25) is 4.79 Å². The first-order valence-corrected chi connectivity index (χ1v) is 8.98. The molecule has 1 amide bonds. The van der Waals surface area contributed by atoms with Crippen LogP contribution in [-0.2, 0) is 4.79 Å². The van der Waals surface area contributed by atoms with Crippen LogP contribution in [0.3, 0.4) is 0 Å². The van der Waals surface area contributed by atoms with Crippen LogP contribution in [0.2, 0.25) is 0 Å². The maximum Gasteiger partial charge on any atom is 0.280 e. The van der Waals surface area contributed by atoms with Crippen molar-refractivity contribution < 1.29 is 4.79 Å². The van der Waals surface area contributed by atoms with Crippen molar-refractivity contribution in [2.24, 2.45) is 11.0 Å². The van der Waals surface area contributed by atoms with E-state index in [0.717, 1.165) is 35.4 Å². The summed E-state index contributed by atoms with van der Waals surface area (Å²) < 4.78 is 0. The normalized spacial score (nSPS) is 18.6. The number of hydrogen-bond donors (Lipinski definition) is 0. The molecular weight excluding hydrogens is 320 g/mol. The van der Waals surface area contributed by atoms with Gasteiger partial charge in [0.15, 0.2) is 0 Å². The quantitative estimate of drug-likeness (QED) is 0.616. The maximum atomic E-state index is 13.1. The Morgan fingerprint density at radius 2 is 1.62 bits per heavy atom. The molecule has 1 saturated carbocycles. The molecule has 0 bridgehead atoms. The second kappa shape index (κ2) is 5.95. The zero-order valence-corrected chi connectivity index (χ0v) is 14.3. The first-order valence-electron chi connectivity index (χ1n) is 8.98. The summed E-state index contributed by atoms with van der Waals surface area (Å²) in [5.41, 5.74) is 3.52. The Labute approximate surface area is 152 Å². The van der Waals surface area contributed by atoms with Crippen LogP contribution in [0, 0.1) is 5.92 Å². The molecule has 1 fully saturated rings. The van der Waals surface area contributed by atoms with Crippen molar-refractivity contribution in [3.63, 3.8) is 0 Å². The second-order valence-corrected chi connectivity index (χ2v) is 6.88. The number of para-hydroxylation sites is 1. The molecular formula is C23H18N2O. The lowest BCUT2D eigenvalue weighted by atomic mass is 10.0. The molecule has 3 heteroatoms. The molecule has 0 radical (unpaired) electrons. The largest absolute Gasteiger partial charge is 0.280 e. The van der Waals surface area contributed by atoms with Crippen molar-refractivity contribution in [2.45, 2.75) is 12.8 Å². The fourth-order valence-electron chi connectivity index (χ4n) is 3.43. The van der Waals surface area contributed by atoms with Crippen molar-refractivity contribution in [1.29, 1.82) is 0 Å². The highest BCUT2D eigenvalue weighted by atomic mass is 16.2. The molecule has 0 unspecified atom stereocenters. The third-order valence-electron chi connectivity index (χ3n) is 4.96. The van der Waals surface area contributed by atoms with Gasteiger partial charge in [0.25, 0.3) is 5.91 Å². The molecule has 5 rings (SSSR count). The fraction of sp³-hybridized carbons (Fsp3) is 0.130. The van der Waals surface area contributed by atoms with Gasteiger partial charge in [0.2, 0.25) is 0 Å². The van der Waals surface area contributed by atoms with Gasteiger partial charge in [0.1, 0.15) is 0 Å². The molecule has 0 saturated heterocycles. The van der Waals surface area contributed by atoms with E-state index in [1.54, 1.807) is 5.01 Å². The van der Waals surface area contributed by atoms with Gasteiger partial charge < -0.3 is 0 Å². The van der Waals surface area contributed by atoms with Gasteiger partial charge in [0.05, 0.1) is 17.0 Å². The van der Waals surface area contributed by atoms with E-state index < -0.39 is 0 Å². The highest BCUT2D eigenvalue weighted by Gasteiger charge is 2.39. The number of fused-ring (bicyclic) bond motifs is 1. The van der Waals surface area contributed by atoms with E-state index in [4.69, 9.17) is 0 Å². The zero-order valence-electron chi connectivity index (χ0n) is 14.3. The SMILES string of the molecule is O=C1/C(=C\c2ccc3ccccc3c2)C(C2CC2)=NN1c1ccccc1. The number of amides is 1. The highest BCUT2D eigenvalue weighted by molar-refractivity contribution is 6.33. The Balaban J connectivity index is 1.57. The van der Waals surface area contributed by atoms with Crippen LogP contribution in [0.15, 0.2) is 83.5 Å². The summed E-state index contributed by atoms with van der Waals surface area (Å²) in [5.74, 6) is 0.380. The average molecular weight is 338 g/mol. The van der Waals surface area contributed by atoms with Crippen molar-refractivity contribution in [3.05, 3.63) is 83.9 Å². The summed E-state index contributed by atoms with van der Waals surface area (Å²) in [6, 6.07) is 24.2. The molecule has 0 N–H and O–H groups in total. The van der Waals surface area contributed by atoms with E-state index in [1.165, 1.54) is 10.8 Å². The second-order valence-electron chi connectivity index (χ2n) is 6.88. The minimum absolute atomic E-state index is 0.0359. The fourth-order valence-corrected chi connectivity index (χ4v) is 3.43. The van der Waals surface area contributed by atoms with E-state index in [0.29, 0.717) is 5.92 Å². The Hall–Kier alpha value is -3.20. The Kier molecular flexibility index (Phi) is 3.45. The van der Waals surface area contributed by atoms with Crippen molar-refractivity contribution in [1.82, 2.24) is 0 Å². The summed E-state index contributed by atoms with van der Waals surface area (Å²) >= 11 is 0. The van der Waals surface area contributed by atoms with Crippen molar-refractivity contribution >= 4 is 34.2 Å². The zero-order chi connectivity index (χ0) is 17.5. The maximum absolute atomic E-state index is 13.1. The van der Waals surface area contributed by atoms with Crippen molar-refractivity contribution in [2.75, 3.05) is 5.01 Å². The van der Waals surface area contributed by atoms with Crippen LogP contribution in [0.25, 0.3) is 16.8 Å². The molecule has 2 aliphatic rings. The number of nitrogens with zero attached hydrogens (tertiary/aromatic N) is 2. The summed E-state index contributed by atoms with van der Waals surface area (Å²) in [6.07, 6.45) is 4.22. The van der Waals surface area contributed by atoms with E-state index in [2.05, 4.69) is 35.4 Å². The first kappa shape index (κ1) is 15.1. The van der Waals surface area contributed by atoms with E-state index in [9.17, 15) is 4.79 Å². The lowest BCUT2D eigenvalue weighted by Gasteiger charge is -2.11. The molecule has 0 spiro atoms. The Morgan fingerprint density at radius 1 is 0.885 bits per heavy atom. The number of carbonyl (C=O) groups is 1. The summed E-state index contributed by atoms with van der Waals surface area (Å²) in [5, 5.41) is 8.60. The van der Waals surface area contributed by atoms with E-state index >= 15 is 0 Å². The number of anilines is 1. The lowest BCUT2D eigenvalue weighted by molar-refractivity contribution is -0.114. The molecule has 3 nitrogen and oxygen atoms in total. The molecule has 0 atom stereocenters. The van der Waals surface area contributed by atoms with Crippen LogP contribution in [0.1, 0.15) is 18.4 Å². The van der Waals surface area contributed by atoms with Gasteiger partial charge in [0, 0.05) is 5.92 Å². The standard InChI is InChI=1S/C23H18N2O/c26-23-21(15-16-10-11-17-6-4-5-7-19(17)14-16)22(18-12-13-18)24-25(23)20-8-2-1-3-9-20/h1-11,14-15,18H,12-13H2/b21-15-. The van der Waals surface area contributed by atoms with Gasteiger partial charge in [-0.15, -0.1) is 0 Å². The Bertz CT molecular complexity index is 1060. The first-order chi connectivity index (χ1) is 12.8. The minimum atomic E-state index is -0.0359. The number of rotatable bonds is 3. The molecule has 26 heavy (non-hydrogen) atoms. The van der Waals surface area contributed by atoms with Crippen LogP contribution < -0.4 is 5.01 Å². The smallest absolute Gasteiger partial charge is 0.267 e. The van der Waals surface area contributed by atoms with Gasteiger partial charge in [-0.1, -0.05) is 54.6 Å².